The number of amidine groups is 1. The maximum atomic E-state index is 8.58. The first-order valence-corrected chi connectivity index (χ1v) is 5.78. The van der Waals surface area contributed by atoms with E-state index in [0.717, 1.165) is 13.1 Å². The molecule has 15 heavy (non-hydrogen) atoms. The highest BCUT2D eigenvalue weighted by Crippen LogP contribution is 2.09. The molecule has 4 nitrogen and oxygen atoms in total. The van der Waals surface area contributed by atoms with Crippen molar-refractivity contribution in [1.29, 1.82) is 0 Å². The normalized spacial score (nSPS) is 16.7. The van der Waals surface area contributed by atoms with Gasteiger partial charge in [-0.25, -0.2) is 0 Å². The zero-order valence-electron chi connectivity index (χ0n) is 10.4. The Morgan fingerprint density at radius 3 is 2.40 bits per heavy atom. The molecule has 0 aromatic rings. The third-order valence-electron chi connectivity index (χ3n) is 2.86. The first-order chi connectivity index (χ1) is 7.06. The van der Waals surface area contributed by atoms with Crippen LogP contribution in [-0.2, 0) is 0 Å². The lowest BCUT2D eigenvalue weighted by Crippen LogP contribution is -2.40. The second-order valence-electron chi connectivity index (χ2n) is 4.15. The molecule has 0 radical (unpaired) electrons. The maximum absolute atomic E-state index is 8.58. The highest BCUT2D eigenvalue weighted by atomic mass is 16.4. The lowest BCUT2D eigenvalue weighted by atomic mass is 10.1. The van der Waals surface area contributed by atoms with E-state index in [1.807, 2.05) is 6.92 Å². The van der Waals surface area contributed by atoms with Gasteiger partial charge in [0.25, 0.3) is 0 Å². The van der Waals surface area contributed by atoms with Gasteiger partial charge < -0.3 is 15.8 Å². The van der Waals surface area contributed by atoms with Gasteiger partial charge in [-0.05, 0) is 19.9 Å². The molecule has 0 saturated heterocycles. The number of rotatable bonds is 7. The molecule has 0 bridgehead atoms. The molecule has 4 heteroatoms. The van der Waals surface area contributed by atoms with Gasteiger partial charge in [0.15, 0.2) is 0 Å². The summed E-state index contributed by atoms with van der Waals surface area (Å²) in [5, 5.41) is 11.6. The SMILES string of the molecule is CCCC(C)N(CC)CC(C)C(N)=NO. The summed E-state index contributed by atoms with van der Waals surface area (Å²) in [5.74, 6) is 0.423. The molecule has 90 valence electrons. The minimum atomic E-state index is 0.106. The van der Waals surface area contributed by atoms with Crippen molar-refractivity contribution in [3.63, 3.8) is 0 Å². The predicted molar refractivity (Wildman–Crippen MR) is 64.2 cm³/mol. The van der Waals surface area contributed by atoms with E-state index in [9.17, 15) is 0 Å². The van der Waals surface area contributed by atoms with E-state index in [4.69, 9.17) is 10.9 Å². The molecule has 0 aliphatic carbocycles. The number of nitrogens with two attached hydrogens (primary N) is 1. The lowest BCUT2D eigenvalue weighted by molar-refractivity contribution is 0.195. The molecule has 2 atom stereocenters. The van der Waals surface area contributed by atoms with Gasteiger partial charge in [-0.3, -0.25) is 0 Å². The Bertz CT molecular complexity index is 194. The Morgan fingerprint density at radius 1 is 1.40 bits per heavy atom. The Balaban J connectivity index is 4.20. The molecule has 0 spiro atoms. The van der Waals surface area contributed by atoms with Crippen LogP contribution in [0, 0.1) is 5.92 Å². The average Bonchev–Trinajstić information content (AvgIpc) is 2.24. The molecule has 0 rings (SSSR count). The van der Waals surface area contributed by atoms with Gasteiger partial charge in [-0.15, -0.1) is 0 Å². The molecule has 0 aliphatic heterocycles. The van der Waals surface area contributed by atoms with Crippen LogP contribution in [0.1, 0.15) is 40.5 Å². The van der Waals surface area contributed by atoms with Crippen molar-refractivity contribution in [3.05, 3.63) is 0 Å². The van der Waals surface area contributed by atoms with E-state index in [1.165, 1.54) is 12.8 Å². The Hall–Kier alpha value is -0.770. The second-order valence-corrected chi connectivity index (χ2v) is 4.15. The van der Waals surface area contributed by atoms with E-state index >= 15 is 0 Å². The predicted octanol–water partition coefficient (Wildman–Crippen LogP) is 1.88. The largest absolute Gasteiger partial charge is 0.409 e. The van der Waals surface area contributed by atoms with E-state index in [-0.39, 0.29) is 5.92 Å². The van der Waals surface area contributed by atoms with Gasteiger partial charge in [0.05, 0.1) is 0 Å². The van der Waals surface area contributed by atoms with E-state index in [1.54, 1.807) is 0 Å². The lowest BCUT2D eigenvalue weighted by Gasteiger charge is -2.29. The van der Waals surface area contributed by atoms with Crippen LogP contribution in [0.4, 0.5) is 0 Å². The molecule has 0 aromatic heterocycles. The minimum Gasteiger partial charge on any atom is -0.409 e. The molecule has 2 unspecified atom stereocenters. The van der Waals surface area contributed by atoms with Gasteiger partial charge in [0, 0.05) is 18.5 Å². The van der Waals surface area contributed by atoms with Crippen LogP contribution in [0.25, 0.3) is 0 Å². The summed E-state index contributed by atoms with van der Waals surface area (Å²) in [6, 6.07) is 0.564. The van der Waals surface area contributed by atoms with Crippen LogP contribution in [-0.4, -0.2) is 35.1 Å². The smallest absolute Gasteiger partial charge is 0.143 e. The second kappa shape index (κ2) is 7.51. The third kappa shape index (κ3) is 5.02. The summed E-state index contributed by atoms with van der Waals surface area (Å²) in [4.78, 5) is 2.37. The van der Waals surface area contributed by atoms with Crippen molar-refractivity contribution in [1.82, 2.24) is 4.90 Å². The van der Waals surface area contributed by atoms with E-state index < -0.39 is 0 Å². The van der Waals surface area contributed by atoms with Crippen LogP contribution in [0.15, 0.2) is 5.16 Å². The average molecular weight is 215 g/mol. The summed E-state index contributed by atoms with van der Waals surface area (Å²) in [6.45, 7) is 10.4. The number of hydrogen-bond acceptors (Lipinski definition) is 3. The van der Waals surface area contributed by atoms with Crippen molar-refractivity contribution in [2.24, 2.45) is 16.8 Å². The molecule has 0 amide bonds. The van der Waals surface area contributed by atoms with Crippen LogP contribution in [0.2, 0.25) is 0 Å². The molecule has 3 N–H and O–H groups in total. The number of oxime groups is 1. The molecule has 0 aliphatic rings. The van der Waals surface area contributed by atoms with Gasteiger partial charge in [0.2, 0.25) is 0 Å². The monoisotopic (exact) mass is 215 g/mol. The first kappa shape index (κ1) is 14.2. The van der Waals surface area contributed by atoms with Gasteiger partial charge in [-0.1, -0.05) is 32.3 Å². The highest BCUT2D eigenvalue weighted by Gasteiger charge is 2.16. The summed E-state index contributed by atoms with van der Waals surface area (Å²) in [6.07, 6.45) is 2.38. The van der Waals surface area contributed by atoms with Gasteiger partial charge >= 0.3 is 0 Å². The molecule has 0 fully saturated rings. The third-order valence-corrected chi connectivity index (χ3v) is 2.86. The Morgan fingerprint density at radius 2 is 2.00 bits per heavy atom. The van der Waals surface area contributed by atoms with E-state index in [2.05, 4.69) is 30.8 Å². The summed E-state index contributed by atoms with van der Waals surface area (Å²) in [5.41, 5.74) is 5.57. The van der Waals surface area contributed by atoms with Crippen molar-refractivity contribution in [2.75, 3.05) is 13.1 Å². The molecule has 0 heterocycles. The van der Waals surface area contributed by atoms with Crippen LogP contribution >= 0.6 is 0 Å². The van der Waals surface area contributed by atoms with Crippen molar-refractivity contribution in [2.45, 2.75) is 46.6 Å². The van der Waals surface area contributed by atoms with Gasteiger partial charge in [0.1, 0.15) is 5.84 Å². The van der Waals surface area contributed by atoms with Crippen molar-refractivity contribution < 1.29 is 5.21 Å². The fourth-order valence-corrected chi connectivity index (χ4v) is 1.76. The molecular formula is C11H25N3O. The Kier molecular flexibility index (Phi) is 7.13. The number of nitrogens with zero attached hydrogens (tertiary/aromatic N) is 2. The summed E-state index contributed by atoms with van der Waals surface area (Å²) in [7, 11) is 0. The van der Waals surface area contributed by atoms with Crippen LogP contribution in [0.5, 0.6) is 0 Å². The molecule has 0 aromatic carbocycles. The van der Waals surface area contributed by atoms with Crippen molar-refractivity contribution >= 4 is 5.84 Å². The molecule has 0 saturated carbocycles. The first-order valence-electron chi connectivity index (χ1n) is 5.78. The number of hydrogen-bond donors (Lipinski definition) is 2. The fourth-order valence-electron chi connectivity index (χ4n) is 1.76. The summed E-state index contributed by atoms with van der Waals surface area (Å²) >= 11 is 0. The van der Waals surface area contributed by atoms with Crippen LogP contribution < -0.4 is 5.73 Å². The summed E-state index contributed by atoms with van der Waals surface area (Å²) < 4.78 is 0. The molecular weight excluding hydrogens is 190 g/mol. The van der Waals surface area contributed by atoms with E-state index in [0.29, 0.717) is 11.9 Å². The Labute approximate surface area is 93.1 Å². The maximum Gasteiger partial charge on any atom is 0.143 e. The topological polar surface area (TPSA) is 61.8 Å². The minimum absolute atomic E-state index is 0.106. The van der Waals surface area contributed by atoms with Crippen molar-refractivity contribution in [3.8, 4) is 0 Å². The zero-order chi connectivity index (χ0) is 11.8. The zero-order valence-corrected chi connectivity index (χ0v) is 10.4. The standard InChI is InChI=1S/C11H25N3O/c1-5-7-10(4)14(6-2)8-9(3)11(12)13-15/h9-10,15H,5-8H2,1-4H3,(H2,12,13). The fraction of sp³-hybridized carbons (Fsp3) is 0.909. The van der Waals surface area contributed by atoms with Gasteiger partial charge in [-0.2, -0.15) is 0 Å². The van der Waals surface area contributed by atoms with Crippen LogP contribution in [0.3, 0.4) is 0 Å². The highest BCUT2D eigenvalue weighted by molar-refractivity contribution is 5.82. The quantitative estimate of drug-likeness (QED) is 0.295.